The predicted molar refractivity (Wildman–Crippen MR) is 115 cm³/mol. The highest BCUT2D eigenvalue weighted by atomic mass is 16.5. The second-order valence-electron chi connectivity index (χ2n) is 8.74. The molecule has 2 aromatic rings. The van der Waals surface area contributed by atoms with E-state index in [0.29, 0.717) is 24.5 Å². The Bertz CT molecular complexity index is 1010. The van der Waals surface area contributed by atoms with E-state index in [9.17, 15) is 10.2 Å². The molecule has 2 aromatic carbocycles. The molecule has 2 aliphatic heterocycles. The quantitative estimate of drug-likeness (QED) is 0.676. The van der Waals surface area contributed by atoms with Crippen LogP contribution in [0.5, 0.6) is 23.0 Å². The Hall–Kier alpha value is -2.88. The molecule has 2 heterocycles. The number of hydrogen-bond acceptors (Lipinski definition) is 4. The van der Waals surface area contributed by atoms with Crippen molar-refractivity contribution in [2.45, 2.75) is 52.1 Å². The van der Waals surface area contributed by atoms with E-state index in [1.54, 1.807) is 12.1 Å². The van der Waals surface area contributed by atoms with Crippen LogP contribution in [0.1, 0.15) is 55.9 Å². The highest BCUT2D eigenvalue weighted by molar-refractivity contribution is 5.69. The lowest BCUT2D eigenvalue weighted by Crippen LogP contribution is -2.28. The number of aromatic hydroxyl groups is 2. The molecule has 0 aromatic heterocycles. The summed E-state index contributed by atoms with van der Waals surface area (Å²) in [6.45, 7) is 8.60. The zero-order chi connectivity index (χ0) is 20.8. The molecule has 0 bridgehead atoms. The minimum atomic E-state index is -0.407. The van der Waals surface area contributed by atoms with Crippen LogP contribution in [-0.4, -0.2) is 22.4 Å². The summed E-state index contributed by atoms with van der Waals surface area (Å²) in [5.74, 6) is 2.01. The van der Waals surface area contributed by atoms with Gasteiger partial charge < -0.3 is 19.7 Å². The van der Waals surface area contributed by atoms with Gasteiger partial charge >= 0.3 is 0 Å². The molecule has 2 N–H and O–H groups in total. The number of allylic oxidation sites excluding steroid dienone is 2. The van der Waals surface area contributed by atoms with Crippen molar-refractivity contribution >= 4 is 6.08 Å². The third-order valence-electron chi connectivity index (χ3n) is 5.55. The van der Waals surface area contributed by atoms with Crippen molar-refractivity contribution in [3.05, 3.63) is 64.2 Å². The van der Waals surface area contributed by atoms with Crippen LogP contribution in [0.2, 0.25) is 0 Å². The Morgan fingerprint density at radius 1 is 1.21 bits per heavy atom. The lowest BCUT2D eigenvalue weighted by atomic mass is 9.85. The van der Waals surface area contributed by atoms with Gasteiger partial charge in [-0.3, -0.25) is 0 Å². The first-order valence-corrected chi connectivity index (χ1v) is 10.1. The fourth-order valence-electron chi connectivity index (χ4n) is 3.96. The molecule has 2 aliphatic rings. The van der Waals surface area contributed by atoms with E-state index in [-0.39, 0.29) is 11.7 Å². The summed E-state index contributed by atoms with van der Waals surface area (Å²) < 4.78 is 12.1. The molecule has 4 heteroatoms. The first-order valence-electron chi connectivity index (χ1n) is 10.1. The van der Waals surface area contributed by atoms with E-state index in [1.807, 2.05) is 26.0 Å². The maximum absolute atomic E-state index is 11.2. The maximum atomic E-state index is 11.2. The number of hydrogen-bond donors (Lipinski definition) is 2. The van der Waals surface area contributed by atoms with Gasteiger partial charge in [-0.1, -0.05) is 23.8 Å². The van der Waals surface area contributed by atoms with Gasteiger partial charge in [0.2, 0.25) is 0 Å². The first kappa shape index (κ1) is 19.4. The SMILES string of the molecule is CC(C)=CCc1c(O)c(C2COc3cc(O)ccc3C2)cc2c1OC(C)(C)C=C2. The summed E-state index contributed by atoms with van der Waals surface area (Å²) in [5, 5.41) is 20.9. The zero-order valence-corrected chi connectivity index (χ0v) is 17.5. The van der Waals surface area contributed by atoms with Gasteiger partial charge in [0.05, 0.1) is 6.61 Å². The molecule has 0 saturated heterocycles. The van der Waals surface area contributed by atoms with Crippen molar-refractivity contribution in [3.63, 3.8) is 0 Å². The maximum Gasteiger partial charge on any atom is 0.135 e. The van der Waals surface area contributed by atoms with Gasteiger partial charge in [0, 0.05) is 28.7 Å². The van der Waals surface area contributed by atoms with Crippen molar-refractivity contribution in [1.82, 2.24) is 0 Å². The summed E-state index contributed by atoms with van der Waals surface area (Å²) in [5.41, 5.74) is 4.53. The fourth-order valence-corrected chi connectivity index (χ4v) is 3.96. The Labute approximate surface area is 172 Å². The molecule has 0 radical (unpaired) electrons. The largest absolute Gasteiger partial charge is 0.508 e. The zero-order valence-electron chi connectivity index (χ0n) is 17.5. The van der Waals surface area contributed by atoms with E-state index < -0.39 is 5.60 Å². The Balaban J connectivity index is 1.77. The van der Waals surface area contributed by atoms with Crippen LogP contribution in [0.4, 0.5) is 0 Å². The Morgan fingerprint density at radius 2 is 2.00 bits per heavy atom. The van der Waals surface area contributed by atoms with Gasteiger partial charge in [-0.05, 0) is 64.3 Å². The third kappa shape index (κ3) is 3.84. The van der Waals surface area contributed by atoms with Gasteiger partial charge in [0.25, 0.3) is 0 Å². The molecule has 0 aliphatic carbocycles. The van der Waals surface area contributed by atoms with Gasteiger partial charge in [-0.2, -0.15) is 0 Å². The molecule has 1 atom stereocenters. The van der Waals surface area contributed by atoms with Crippen LogP contribution < -0.4 is 9.47 Å². The second kappa shape index (κ2) is 7.18. The van der Waals surface area contributed by atoms with Gasteiger partial charge in [-0.25, -0.2) is 0 Å². The normalized spacial score (nSPS) is 18.8. The molecule has 0 fully saturated rings. The third-order valence-corrected chi connectivity index (χ3v) is 5.55. The average molecular weight is 392 g/mol. The van der Waals surface area contributed by atoms with E-state index in [2.05, 4.69) is 32.1 Å². The van der Waals surface area contributed by atoms with E-state index in [4.69, 9.17) is 9.47 Å². The van der Waals surface area contributed by atoms with E-state index >= 15 is 0 Å². The van der Waals surface area contributed by atoms with Crippen molar-refractivity contribution < 1.29 is 19.7 Å². The first-order chi connectivity index (χ1) is 13.7. The Kier molecular flexibility index (Phi) is 4.81. The number of phenolic OH excluding ortho intramolecular Hbond substituents is 2. The van der Waals surface area contributed by atoms with Crippen molar-refractivity contribution in [3.8, 4) is 23.0 Å². The number of ether oxygens (including phenoxy) is 2. The van der Waals surface area contributed by atoms with Crippen LogP contribution in [0.15, 0.2) is 42.0 Å². The molecule has 152 valence electrons. The van der Waals surface area contributed by atoms with E-state index in [1.165, 1.54) is 5.57 Å². The van der Waals surface area contributed by atoms with Gasteiger partial charge in [0.15, 0.2) is 0 Å². The van der Waals surface area contributed by atoms with Crippen molar-refractivity contribution in [1.29, 1.82) is 0 Å². The van der Waals surface area contributed by atoms with Crippen molar-refractivity contribution in [2.24, 2.45) is 0 Å². The number of rotatable bonds is 3. The topological polar surface area (TPSA) is 58.9 Å². The van der Waals surface area contributed by atoms with Crippen LogP contribution in [0, 0.1) is 0 Å². The van der Waals surface area contributed by atoms with E-state index in [0.717, 1.165) is 34.4 Å². The summed E-state index contributed by atoms with van der Waals surface area (Å²) in [7, 11) is 0. The van der Waals surface area contributed by atoms with Crippen LogP contribution in [0.3, 0.4) is 0 Å². The molecule has 29 heavy (non-hydrogen) atoms. The smallest absolute Gasteiger partial charge is 0.135 e. The molecule has 0 saturated carbocycles. The molecular formula is C25H28O4. The monoisotopic (exact) mass is 392 g/mol. The van der Waals surface area contributed by atoms with Crippen LogP contribution >= 0.6 is 0 Å². The molecule has 4 nitrogen and oxygen atoms in total. The number of benzene rings is 2. The molecular weight excluding hydrogens is 364 g/mol. The summed E-state index contributed by atoms with van der Waals surface area (Å²) in [4.78, 5) is 0. The average Bonchev–Trinajstić information content (AvgIpc) is 2.66. The second-order valence-corrected chi connectivity index (χ2v) is 8.74. The van der Waals surface area contributed by atoms with Gasteiger partial charge in [0.1, 0.15) is 28.6 Å². The summed E-state index contributed by atoms with van der Waals surface area (Å²) in [6, 6.07) is 7.25. The van der Waals surface area contributed by atoms with Gasteiger partial charge in [-0.15, -0.1) is 0 Å². The minimum Gasteiger partial charge on any atom is -0.508 e. The minimum absolute atomic E-state index is 0.0335. The molecule has 0 amide bonds. The summed E-state index contributed by atoms with van der Waals surface area (Å²) >= 11 is 0. The van der Waals surface area contributed by atoms with Crippen molar-refractivity contribution in [2.75, 3.05) is 6.61 Å². The molecule has 0 spiro atoms. The lowest BCUT2D eigenvalue weighted by Gasteiger charge is -2.32. The molecule has 4 rings (SSSR count). The Morgan fingerprint density at radius 3 is 2.76 bits per heavy atom. The number of fused-ring (bicyclic) bond motifs is 2. The molecule has 1 unspecified atom stereocenters. The van der Waals surface area contributed by atoms with Crippen LogP contribution in [-0.2, 0) is 12.8 Å². The lowest BCUT2D eigenvalue weighted by molar-refractivity contribution is 0.156. The highest BCUT2D eigenvalue weighted by Crippen LogP contribution is 2.45. The fraction of sp³-hybridized carbons (Fsp3) is 0.360. The summed E-state index contributed by atoms with van der Waals surface area (Å²) in [6.07, 6.45) is 7.62. The number of phenols is 2. The van der Waals surface area contributed by atoms with Crippen LogP contribution in [0.25, 0.3) is 6.08 Å². The highest BCUT2D eigenvalue weighted by Gasteiger charge is 2.30. The standard InChI is InChI=1S/C25H28O4/c1-15(2)5-8-20-23(27)21(12-17-9-10-25(3,4)29-24(17)20)18-11-16-6-7-19(26)13-22(16)28-14-18/h5-7,9-10,12-13,18,26-27H,8,11,14H2,1-4H3. The predicted octanol–water partition coefficient (Wildman–Crippen LogP) is 5.51.